The van der Waals surface area contributed by atoms with Crippen LogP contribution < -0.4 is 9.46 Å². The average Bonchev–Trinajstić information content (AvgIpc) is 2.64. The third kappa shape index (κ3) is 7.05. The molecule has 2 rings (SSSR count). The second kappa shape index (κ2) is 10.0. The molecule has 0 bridgehead atoms. The van der Waals surface area contributed by atoms with E-state index in [4.69, 9.17) is 16.3 Å². The van der Waals surface area contributed by atoms with Crippen LogP contribution in [0.25, 0.3) is 12.2 Å². The highest BCUT2D eigenvalue weighted by molar-refractivity contribution is 9.10. The molecule has 0 saturated carbocycles. The Morgan fingerprint density at radius 2 is 1.79 bits per heavy atom. The molecule has 0 spiro atoms. The Morgan fingerprint density at radius 1 is 1.14 bits per heavy atom. The summed E-state index contributed by atoms with van der Waals surface area (Å²) in [4.78, 5) is 0. The minimum Gasteiger partial charge on any atom is -0.496 e. The second-order valence-corrected chi connectivity index (χ2v) is 10.9. The topological polar surface area (TPSA) is 55.4 Å². The quantitative estimate of drug-likeness (QED) is 0.342. The summed E-state index contributed by atoms with van der Waals surface area (Å²) >= 11 is 9.16. The number of benzene rings is 2. The number of sulfonamides is 1. The van der Waals surface area contributed by atoms with Crippen molar-refractivity contribution < 1.29 is 13.2 Å². The van der Waals surface area contributed by atoms with Crippen LogP contribution in [0.4, 0.5) is 5.69 Å². The predicted molar refractivity (Wildman–Crippen MR) is 128 cm³/mol. The summed E-state index contributed by atoms with van der Waals surface area (Å²) < 4.78 is 33.2. The van der Waals surface area contributed by atoms with Gasteiger partial charge in [0.25, 0.3) is 0 Å². The van der Waals surface area contributed by atoms with E-state index in [1.54, 1.807) is 19.2 Å². The van der Waals surface area contributed by atoms with Crippen LogP contribution in [0, 0.1) is 0 Å². The maximum absolute atomic E-state index is 12.0. The number of ether oxygens (including phenoxy) is 1. The SMILES string of the molecule is COc1c(C=Cc2ccc(NS(=O)(=O)CCCCl)cc2)cc(Br)cc1C(C)(C)C. The Bertz CT molecular complexity index is 965. The standard InChI is InChI=1S/C22H27BrClNO3S/c1-22(2,3)20-15-18(23)14-17(21(20)28-4)9-6-16-7-10-19(11-8-16)25-29(26,27)13-5-12-24/h6-11,14-15,25H,5,12-13H2,1-4H3. The van der Waals surface area contributed by atoms with Crippen LogP contribution in [0.3, 0.4) is 0 Å². The lowest BCUT2D eigenvalue weighted by molar-refractivity contribution is 0.396. The van der Waals surface area contributed by atoms with Crippen LogP contribution in [0.15, 0.2) is 40.9 Å². The molecule has 7 heteroatoms. The summed E-state index contributed by atoms with van der Waals surface area (Å²) in [6, 6.07) is 11.3. The molecule has 1 N–H and O–H groups in total. The highest BCUT2D eigenvalue weighted by Gasteiger charge is 2.21. The summed E-state index contributed by atoms with van der Waals surface area (Å²) in [5.41, 5.74) is 3.52. The molecule has 0 aliphatic rings. The normalized spacial score (nSPS) is 12.3. The molecule has 0 aliphatic heterocycles. The van der Waals surface area contributed by atoms with Crippen LogP contribution in [0.1, 0.15) is 43.9 Å². The van der Waals surface area contributed by atoms with Gasteiger partial charge in [-0.2, -0.15) is 0 Å². The Balaban J connectivity index is 2.24. The van der Waals surface area contributed by atoms with Crippen LogP contribution in [-0.2, 0) is 15.4 Å². The number of hydrogen-bond donors (Lipinski definition) is 1. The van der Waals surface area contributed by atoms with Gasteiger partial charge in [0.05, 0.1) is 12.9 Å². The Kier molecular flexibility index (Phi) is 8.20. The van der Waals surface area contributed by atoms with Crippen molar-refractivity contribution in [1.82, 2.24) is 0 Å². The Hall–Kier alpha value is -1.50. The van der Waals surface area contributed by atoms with Crippen LogP contribution in [-0.4, -0.2) is 27.2 Å². The van der Waals surface area contributed by atoms with Gasteiger partial charge < -0.3 is 4.74 Å². The van der Waals surface area contributed by atoms with Gasteiger partial charge in [-0.1, -0.05) is 61.0 Å². The van der Waals surface area contributed by atoms with E-state index in [-0.39, 0.29) is 11.2 Å². The number of rotatable bonds is 8. The molecule has 0 unspecified atom stereocenters. The van der Waals surface area contributed by atoms with E-state index in [9.17, 15) is 8.42 Å². The van der Waals surface area contributed by atoms with E-state index < -0.39 is 10.0 Å². The van der Waals surface area contributed by atoms with Gasteiger partial charge in [0, 0.05) is 27.2 Å². The van der Waals surface area contributed by atoms with Crippen LogP contribution in [0.5, 0.6) is 5.75 Å². The van der Waals surface area contributed by atoms with Crippen molar-refractivity contribution in [2.75, 3.05) is 23.5 Å². The summed E-state index contributed by atoms with van der Waals surface area (Å²) in [6.45, 7) is 6.45. The van der Waals surface area contributed by atoms with Gasteiger partial charge in [-0.15, -0.1) is 11.6 Å². The first-order valence-corrected chi connectivity index (χ1v) is 12.3. The third-order valence-electron chi connectivity index (χ3n) is 4.28. The zero-order chi connectivity index (χ0) is 21.7. The number of anilines is 1. The van der Waals surface area contributed by atoms with E-state index in [0.717, 1.165) is 26.9 Å². The molecule has 2 aromatic carbocycles. The lowest BCUT2D eigenvalue weighted by atomic mass is 9.85. The lowest BCUT2D eigenvalue weighted by Crippen LogP contribution is -2.16. The molecule has 0 fully saturated rings. The third-order valence-corrected chi connectivity index (χ3v) is 6.38. The van der Waals surface area contributed by atoms with Gasteiger partial charge in [0.15, 0.2) is 0 Å². The highest BCUT2D eigenvalue weighted by atomic mass is 79.9. The molecule has 0 saturated heterocycles. The molecule has 2 aromatic rings. The first-order chi connectivity index (χ1) is 13.6. The Morgan fingerprint density at radius 3 is 2.34 bits per heavy atom. The Labute approximate surface area is 187 Å². The molecular formula is C22H27BrClNO3S. The number of hydrogen-bond acceptors (Lipinski definition) is 3. The minimum atomic E-state index is -3.37. The molecule has 0 aliphatic carbocycles. The van der Waals surface area contributed by atoms with Crippen molar-refractivity contribution in [2.45, 2.75) is 32.6 Å². The molecule has 29 heavy (non-hydrogen) atoms. The monoisotopic (exact) mass is 499 g/mol. The fourth-order valence-corrected chi connectivity index (χ4v) is 4.74. The van der Waals surface area contributed by atoms with Crippen molar-refractivity contribution in [3.8, 4) is 5.75 Å². The first kappa shape index (κ1) is 23.8. The molecular weight excluding hydrogens is 474 g/mol. The summed E-state index contributed by atoms with van der Waals surface area (Å²) in [5, 5.41) is 0. The summed E-state index contributed by atoms with van der Waals surface area (Å²) in [5.74, 6) is 1.18. The average molecular weight is 501 g/mol. The van der Waals surface area contributed by atoms with Gasteiger partial charge in [0.1, 0.15) is 5.75 Å². The molecule has 0 atom stereocenters. The maximum atomic E-state index is 12.0. The van der Waals surface area contributed by atoms with E-state index in [1.165, 1.54) is 0 Å². The molecule has 0 aromatic heterocycles. The minimum absolute atomic E-state index is 0.0109. The predicted octanol–water partition coefficient (Wildman–Crippen LogP) is 6.30. The zero-order valence-corrected chi connectivity index (χ0v) is 20.3. The summed E-state index contributed by atoms with van der Waals surface area (Å²) in [6.07, 6.45) is 4.39. The van der Waals surface area contributed by atoms with Crippen LogP contribution >= 0.6 is 27.5 Å². The summed E-state index contributed by atoms with van der Waals surface area (Å²) in [7, 11) is -1.69. The number of nitrogens with one attached hydrogen (secondary N) is 1. The highest BCUT2D eigenvalue weighted by Crippen LogP contribution is 2.37. The van der Waals surface area contributed by atoms with E-state index >= 15 is 0 Å². The van der Waals surface area contributed by atoms with Crippen molar-refractivity contribution in [3.05, 3.63) is 57.6 Å². The van der Waals surface area contributed by atoms with Gasteiger partial charge in [-0.25, -0.2) is 8.42 Å². The molecule has 0 radical (unpaired) electrons. The van der Waals surface area contributed by atoms with Gasteiger partial charge in [-0.05, 0) is 41.7 Å². The second-order valence-electron chi connectivity index (χ2n) is 7.74. The fraction of sp³-hybridized carbons (Fsp3) is 0.364. The lowest BCUT2D eigenvalue weighted by Gasteiger charge is -2.24. The molecule has 0 heterocycles. The molecule has 0 amide bonds. The van der Waals surface area contributed by atoms with Gasteiger partial charge in [0.2, 0.25) is 10.0 Å². The smallest absolute Gasteiger partial charge is 0.232 e. The van der Waals surface area contributed by atoms with Crippen molar-refractivity contribution in [3.63, 3.8) is 0 Å². The number of halogens is 2. The van der Waals surface area contributed by atoms with E-state index in [1.807, 2.05) is 30.4 Å². The van der Waals surface area contributed by atoms with Gasteiger partial charge >= 0.3 is 0 Å². The fourth-order valence-electron chi connectivity index (χ4n) is 2.85. The van der Waals surface area contributed by atoms with Crippen molar-refractivity contribution in [1.29, 1.82) is 0 Å². The van der Waals surface area contributed by atoms with E-state index in [2.05, 4.69) is 47.5 Å². The van der Waals surface area contributed by atoms with E-state index in [0.29, 0.717) is 18.0 Å². The number of methoxy groups -OCH3 is 1. The maximum Gasteiger partial charge on any atom is 0.232 e. The van der Waals surface area contributed by atoms with Crippen molar-refractivity contribution >= 4 is 55.4 Å². The van der Waals surface area contributed by atoms with Crippen molar-refractivity contribution in [2.24, 2.45) is 0 Å². The first-order valence-electron chi connectivity index (χ1n) is 9.28. The largest absolute Gasteiger partial charge is 0.496 e. The van der Waals surface area contributed by atoms with Crippen LogP contribution in [0.2, 0.25) is 0 Å². The molecule has 158 valence electrons. The van der Waals surface area contributed by atoms with Gasteiger partial charge in [-0.3, -0.25) is 4.72 Å². The zero-order valence-electron chi connectivity index (χ0n) is 17.1. The molecule has 4 nitrogen and oxygen atoms in total. The number of alkyl halides is 1.